The first-order valence-electron chi connectivity index (χ1n) is 11.7. The fraction of sp³-hybridized carbons (Fsp3) is 0.696. The minimum absolute atomic E-state index is 0.143. The van der Waals surface area contributed by atoms with E-state index in [0.717, 1.165) is 70.4 Å². The Morgan fingerprint density at radius 2 is 2.10 bits per heavy atom. The number of hydrogen-bond donors (Lipinski definition) is 1. The van der Waals surface area contributed by atoms with E-state index in [0.29, 0.717) is 12.0 Å². The number of likely N-dealkylation sites (tertiary alicyclic amines) is 2. The molecule has 0 bridgehead atoms. The van der Waals surface area contributed by atoms with E-state index in [1.54, 1.807) is 4.68 Å². The van der Waals surface area contributed by atoms with E-state index in [-0.39, 0.29) is 19.1 Å². The zero-order chi connectivity index (χ0) is 21.8. The highest BCUT2D eigenvalue weighted by Crippen LogP contribution is 2.38. The third-order valence-electron chi connectivity index (χ3n) is 6.74. The van der Waals surface area contributed by atoms with Crippen LogP contribution in [0, 0.1) is 0 Å². The Hall–Kier alpha value is -1.77. The van der Waals surface area contributed by atoms with Gasteiger partial charge in [0.2, 0.25) is 5.91 Å². The summed E-state index contributed by atoms with van der Waals surface area (Å²) in [6, 6.07) is 2.84. The van der Waals surface area contributed by atoms with Crippen molar-refractivity contribution in [2.24, 2.45) is 0 Å². The number of piperidine rings is 1. The third-order valence-corrected chi connectivity index (χ3v) is 8.10. The standard InChI is InChI=1S/C23H35N5O2S/c1-3-20-13-21(22(31-20)7-11-29)18-6-10-27(17(2)12-18)14-19-15-28(25-24-19)16-23(30)26-8-4-5-9-26/h13,15,17-18,29H,3-12,14,16H2,1-2H3/t17-,18?/m0/s1. The average Bonchev–Trinajstić information content (AvgIpc) is 3.51. The number of amides is 1. The summed E-state index contributed by atoms with van der Waals surface area (Å²) in [6.07, 6.45) is 8.23. The van der Waals surface area contributed by atoms with Gasteiger partial charge in [-0.05, 0) is 63.1 Å². The van der Waals surface area contributed by atoms with Crippen LogP contribution < -0.4 is 0 Å². The monoisotopic (exact) mass is 445 g/mol. The molecular formula is C23H35N5O2S. The molecule has 2 saturated heterocycles. The van der Waals surface area contributed by atoms with Crippen LogP contribution in [0.5, 0.6) is 0 Å². The van der Waals surface area contributed by atoms with Crippen molar-refractivity contribution in [2.75, 3.05) is 26.2 Å². The predicted molar refractivity (Wildman–Crippen MR) is 122 cm³/mol. The smallest absolute Gasteiger partial charge is 0.244 e. The van der Waals surface area contributed by atoms with Crippen LogP contribution in [0.15, 0.2) is 12.3 Å². The number of rotatable bonds is 8. The molecule has 1 unspecified atom stereocenters. The fourth-order valence-corrected chi connectivity index (χ4v) is 6.14. The lowest BCUT2D eigenvalue weighted by Gasteiger charge is -2.37. The molecule has 0 saturated carbocycles. The van der Waals surface area contributed by atoms with E-state index in [1.165, 1.54) is 15.3 Å². The number of thiophene rings is 1. The molecule has 2 aromatic heterocycles. The summed E-state index contributed by atoms with van der Waals surface area (Å²) in [5.74, 6) is 0.710. The highest BCUT2D eigenvalue weighted by Gasteiger charge is 2.29. The van der Waals surface area contributed by atoms with Crippen molar-refractivity contribution in [2.45, 2.75) is 77.4 Å². The van der Waals surface area contributed by atoms with Crippen molar-refractivity contribution in [3.8, 4) is 0 Å². The number of aliphatic hydroxyl groups is 1. The third kappa shape index (κ3) is 5.35. The van der Waals surface area contributed by atoms with E-state index in [2.05, 4.69) is 35.1 Å². The summed E-state index contributed by atoms with van der Waals surface area (Å²) in [7, 11) is 0. The van der Waals surface area contributed by atoms with Gasteiger partial charge in [0.25, 0.3) is 0 Å². The van der Waals surface area contributed by atoms with Crippen LogP contribution in [-0.4, -0.2) is 68.1 Å². The zero-order valence-corrected chi connectivity index (χ0v) is 19.6. The van der Waals surface area contributed by atoms with Crippen LogP contribution in [0.2, 0.25) is 0 Å². The number of carbonyl (C=O) groups is 1. The normalized spacial score (nSPS) is 22.4. The van der Waals surface area contributed by atoms with Gasteiger partial charge in [0, 0.05) is 48.5 Å². The van der Waals surface area contributed by atoms with Crippen LogP contribution >= 0.6 is 11.3 Å². The molecule has 2 aliphatic heterocycles. The number of aromatic nitrogens is 3. The van der Waals surface area contributed by atoms with Crippen LogP contribution in [0.3, 0.4) is 0 Å². The maximum absolute atomic E-state index is 12.3. The van der Waals surface area contributed by atoms with Gasteiger partial charge in [-0.25, -0.2) is 4.68 Å². The van der Waals surface area contributed by atoms with Crippen molar-refractivity contribution in [1.82, 2.24) is 24.8 Å². The summed E-state index contributed by atoms with van der Waals surface area (Å²) in [5, 5.41) is 18.0. The molecule has 0 radical (unpaired) electrons. The van der Waals surface area contributed by atoms with Crippen LogP contribution in [0.1, 0.15) is 66.5 Å². The Labute approximate surface area is 189 Å². The van der Waals surface area contributed by atoms with Crippen LogP contribution in [0.25, 0.3) is 0 Å². The highest BCUT2D eigenvalue weighted by atomic mass is 32.1. The van der Waals surface area contributed by atoms with Crippen molar-refractivity contribution in [3.63, 3.8) is 0 Å². The lowest BCUT2D eigenvalue weighted by molar-refractivity contribution is -0.130. The summed E-state index contributed by atoms with van der Waals surface area (Å²) >= 11 is 1.87. The molecule has 1 N–H and O–H groups in total. The Morgan fingerprint density at radius 3 is 2.81 bits per heavy atom. The molecule has 4 rings (SSSR count). The molecule has 2 fully saturated rings. The summed E-state index contributed by atoms with van der Waals surface area (Å²) in [6.45, 7) is 8.56. The van der Waals surface area contributed by atoms with Gasteiger partial charge in [0.1, 0.15) is 6.54 Å². The van der Waals surface area contributed by atoms with Crippen LogP contribution in [-0.2, 0) is 30.7 Å². The Morgan fingerprint density at radius 1 is 1.29 bits per heavy atom. The molecule has 1 amide bonds. The van der Waals surface area contributed by atoms with Gasteiger partial charge in [-0.1, -0.05) is 12.1 Å². The molecule has 2 aromatic rings. The highest BCUT2D eigenvalue weighted by molar-refractivity contribution is 7.12. The van der Waals surface area contributed by atoms with E-state index in [9.17, 15) is 9.90 Å². The van der Waals surface area contributed by atoms with Crippen molar-refractivity contribution < 1.29 is 9.90 Å². The summed E-state index contributed by atoms with van der Waals surface area (Å²) in [5.41, 5.74) is 2.40. The molecule has 0 aliphatic carbocycles. The second-order valence-corrected chi connectivity index (χ2v) is 10.2. The van der Waals surface area contributed by atoms with E-state index < -0.39 is 0 Å². The summed E-state index contributed by atoms with van der Waals surface area (Å²) in [4.78, 5) is 19.5. The van der Waals surface area contributed by atoms with Gasteiger partial charge in [-0.2, -0.15) is 0 Å². The minimum atomic E-state index is 0.143. The molecule has 2 atom stereocenters. The van der Waals surface area contributed by atoms with E-state index >= 15 is 0 Å². The Kier molecular flexibility index (Phi) is 7.40. The second-order valence-electron chi connectivity index (χ2n) is 8.95. The van der Waals surface area contributed by atoms with Gasteiger partial charge in [0.15, 0.2) is 0 Å². The first-order valence-corrected chi connectivity index (χ1v) is 12.5. The van der Waals surface area contributed by atoms with Gasteiger partial charge in [-0.3, -0.25) is 9.69 Å². The van der Waals surface area contributed by atoms with Gasteiger partial charge >= 0.3 is 0 Å². The number of aliphatic hydroxyl groups excluding tert-OH is 1. The first-order chi connectivity index (χ1) is 15.1. The predicted octanol–water partition coefficient (Wildman–Crippen LogP) is 2.83. The average molecular weight is 446 g/mol. The summed E-state index contributed by atoms with van der Waals surface area (Å²) < 4.78 is 1.69. The minimum Gasteiger partial charge on any atom is -0.396 e. The van der Waals surface area contributed by atoms with E-state index in [1.807, 2.05) is 22.4 Å². The van der Waals surface area contributed by atoms with Gasteiger partial charge in [0.05, 0.1) is 11.9 Å². The molecule has 31 heavy (non-hydrogen) atoms. The van der Waals surface area contributed by atoms with Gasteiger partial charge in [-0.15, -0.1) is 16.4 Å². The van der Waals surface area contributed by atoms with Crippen LogP contribution in [0.4, 0.5) is 0 Å². The Balaban J connectivity index is 1.33. The maximum atomic E-state index is 12.3. The first kappa shape index (κ1) is 22.4. The second kappa shape index (κ2) is 10.2. The zero-order valence-electron chi connectivity index (χ0n) is 18.8. The largest absolute Gasteiger partial charge is 0.396 e. The van der Waals surface area contributed by atoms with E-state index in [4.69, 9.17) is 0 Å². The van der Waals surface area contributed by atoms with Crippen molar-refractivity contribution in [3.05, 3.63) is 33.3 Å². The molecule has 8 heteroatoms. The number of hydrogen-bond acceptors (Lipinski definition) is 6. The molecule has 0 aromatic carbocycles. The van der Waals surface area contributed by atoms with Crippen molar-refractivity contribution >= 4 is 17.2 Å². The number of carbonyl (C=O) groups excluding carboxylic acids is 1. The fourth-order valence-electron chi connectivity index (χ4n) is 4.96. The number of nitrogens with zero attached hydrogens (tertiary/aromatic N) is 5. The lowest BCUT2D eigenvalue weighted by Crippen LogP contribution is -2.39. The maximum Gasteiger partial charge on any atom is 0.244 e. The molecular weight excluding hydrogens is 410 g/mol. The molecule has 0 spiro atoms. The Bertz CT molecular complexity index is 873. The number of aryl methyl sites for hydroxylation is 1. The molecule has 2 aliphatic rings. The quantitative estimate of drug-likeness (QED) is 0.676. The van der Waals surface area contributed by atoms with Crippen molar-refractivity contribution in [1.29, 1.82) is 0 Å². The SMILES string of the molecule is CCc1cc(C2CCN(Cc3cn(CC(=O)N4CCCC4)nn3)[C@@H](C)C2)c(CCO)s1. The van der Waals surface area contributed by atoms with Gasteiger partial charge < -0.3 is 10.0 Å². The lowest BCUT2D eigenvalue weighted by atomic mass is 9.85. The molecule has 170 valence electrons. The molecule has 4 heterocycles. The topological polar surface area (TPSA) is 74.5 Å². The molecule has 7 nitrogen and oxygen atoms in total.